The Hall–Kier alpha value is -1.02. The molecule has 1 fully saturated rings. The van der Waals surface area contributed by atoms with Crippen LogP contribution < -0.4 is 10.5 Å². The molecule has 1 aliphatic rings. The summed E-state index contributed by atoms with van der Waals surface area (Å²) in [4.78, 5) is 0. The molecule has 0 aromatic heterocycles. The van der Waals surface area contributed by atoms with E-state index in [1.54, 1.807) is 0 Å². The van der Waals surface area contributed by atoms with Crippen LogP contribution in [0.4, 0.5) is 0 Å². The summed E-state index contributed by atoms with van der Waals surface area (Å²) in [6.45, 7) is 9.79. The fraction of sp³-hybridized carbons (Fsp3) is 0.667. The molecule has 0 amide bonds. The van der Waals surface area contributed by atoms with Gasteiger partial charge < -0.3 is 10.5 Å². The Morgan fingerprint density at radius 1 is 1.20 bits per heavy atom. The normalized spacial score (nSPS) is 27.4. The first-order valence-electron chi connectivity index (χ1n) is 7.90. The molecular formula is C18H29NO. The van der Waals surface area contributed by atoms with Gasteiger partial charge in [0.2, 0.25) is 0 Å². The van der Waals surface area contributed by atoms with Crippen molar-refractivity contribution in [2.24, 2.45) is 17.1 Å². The first kappa shape index (κ1) is 15.4. The largest absolute Gasteiger partial charge is 0.494 e. The maximum absolute atomic E-state index is 6.43. The minimum Gasteiger partial charge on any atom is -0.494 e. The van der Waals surface area contributed by atoms with E-state index >= 15 is 0 Å². The molecule has 1 saturated carbocycles. The number of benzene rings is 1. The van der Waals surface area contributed by atoms with Crippen LogP contribution in [0.2, 0.25) is 0 Å². The molecule has 0 spiro atoms. The van der Waals surface area contributed by atoms with Crippen molar-refractivity contribution >= 4 is 0 Å². The van der Waals surface area contributed by atoms with Gasteiger partial charge in [-0.1, -0.05) is 39.0 Å². The van der Waals surface area contributed by atoms with E-state index in [0.29, 0.717) is 17.9 Å². The Labute approximate surface area is 123 Å². The summed E-state index contributed by atoms with van der Waals surface area (Å²) in [6.07, 6.45) is 3.54. The molecule has 1 aliphatic carbocycles. The van der Waals surface area contributed by atoms with Crippen molar-refractivity contribution < 1.29 is 4.74 Å². The van der Waals surface area contributed by atoms with Crippen molar-refractivity contribution in [1.82, 2.24) is 0 Å². The lowest BCUT2D eigenvalue weighted by Gasteiger charge is -2.41. The van der Waals surface area contributed by atoms with Crippen LogP contribution in [0.1, 0.15) is 58.4 Å². The molecule has 0 heterocycles. The van der Waals surface area contributed by atoms with E-state index in [-0.39, 0.29) is 6.04 Å². The summed E-state index contributed by atoms with van der Waals surface area (Å²) >= 11 is 0. The third-order valence-corrected chi connectivity index (χ3v) is 4.75. The number of nitrogens with two attached hydrogens (primary N) is 1. The molecule has 112 valence electrons. The van der Waals surface area contributed by atoms with Crippen molar-refractivity contribution in [2.45, 2.75) is 58.9 Å². The number of rotatable bonds is 3. The van der Waals surface area contributed by atoms with E-state index in [4.69, 9.17) is 10.5 Å². The van der Waals surface area contributed by atoms with Crippen LogP contribution in [0.5, 0.6) is 5.75 Å². The predicted octanol–water partition coefficient (Wildman–Crippen LogP) is 4.34. The lowest BCUT2D eigenvalue weighted by atomic mass is 9.66. The van der Waals surface area contributed by atoms with Crippen molar-refractivity contribution in [1.29, 1.82) is 0 Å². The van der Waals surface area contributed by atoms with Crippen LogP contribution in [0.3, 0.4) is 0 Å². The monoisotopic (exact) mass is 275 g/mol. The second-order valence-electron chi connectivity index (χ2n) is 7.12. The van der Waals surface area contributed by atoms with Gasteiger partial charge in [-0.3, -0.25) is 0 Å². The molecule has 20 heavy (non-hydrogen) atoms. The number of para-hydroxylation sites is 1. The second-order valence-corrected chi connectivity index (χ2v) is 7.12. The average Bonchev–Trinajstić information content (AvgIpc) is 2.39. The molecule has 2 nitrogen and oxygen atoms in total. The summed E-state index contributed by atoms with van der Waals surface area (Å²) in [6, 6.07) is 8.68. The van der Waals surface area contributed by atoms with E-state index in [2.05, 4.69) is 39.0 Å². The molecule has 0 aliphatic heterocycles. The molecule has 1 aromatic carbocycles. The van der Waals surface area contributed by atoms with Gasteiger partial charge in [0.15, 0.2) is 0 Å². The molecule has 2 N–H and O–H groups in total. The van der Waals surface area contributed by atoms with E-state index in [1.807, 2.05) is 13.0 Å². The van der Waals surface area contributed by atoms with Gasteiger partial charge in [0.25, 0.3) is 0 Å². The number of hydrogen-bond donors (Lipinski definition) is 1. The van der Waals surface area contributed by atoms with Crippen molar-refractivity contribution in [3.05, 3.63) is 29.8 Å². The Bertz CT molecular complexity index is 435. The molecule has 0 bridgehead atoms. The minimum absolute atomic E-state index is 0.259. The quantitative estimate of drug-likeness (QED) is 0.890. The van der Waals surface area contributed by atoms with Crippen LogP contribution in [0.15, 0.2) is 24.3 Å². The summed E-state index contributed by atoms with van der Waals surface area (Å²) in [7, 11) is 0. The molecule has 3 unspecified atom stereocenters. The molecule has 2 heteroatoms. The van der Waals surface area contributed by atoms with Crippen LogP contribution in [0.25, 0.3) is 0 Å². The number of ether oxygens (including phenoxy) is 1. The van der Waals surface area contributed by atoms with Gasteiger partial charge in [-0.15, -0.1) is 0 Å². The van der Waals surface area contributed by atoms with E-state index in [1.165, 1.54) is 18.4 Å². The molecule has 0 radical (unpaired) electrons. The predicted molar refractivity (Wildman–Crippen MR) is 85.1 cm³/mol. The minimum atomic E-state index is 0.259. The molecule has 3 atom stereocenters. The highest BCUT2D eigenvalue weighted by atomic mass is 16.5. The summed E-state index contributed by atoms with van der Waals surface area (Å²) < 4.78 is 5.80. The summed E-state index contributed by atoms with van der Waals surface area (Å²) in [5, 5.41) is 0. The molecule has 0 saturated heterocycles. The maximum Gasteiger partial charge on any atom is 0.122 e. The van der Waals surface area contributed by atoms with Crippen LogP contribution >= 0.6 is 0 Å². The zero-order valence-corrected chi connectivity index (χ0v) is 13.4. The number of hydrogen-bond acceptors (Lipinski definition) is 2. The van der Waals surface area contributed by atoms with E-state index in [0.717, 1.165) is 18.1 Å². The second kappa shape index (κ2) is 6.17. The fourth-order valence-electron chi connectivity index (χ4n) is 3.41. The smallest absolute Gasteiger partial charge is 0.122 e. The maximum atomic E-state index is 6.43. The highest BCUT2D eigenvalue weighted by Crippen LogP contribution is 2.45. The fourth-order valence-corrected chi connectivity index (χ4v) is 3.41. The van der Waals surface area contributed by atoms with Gasteiger partial charge in [-0.05, 0) is 49.1 Å². The van der Waals surface area contributed by atoms with Gasteiger partial charge in [-0.2, -0.15) is 0 Å². The van der Waals surface area contributed by atoms with Gasteiger partial charge in [0, 0.05) is 12.0 Å². The molecule has 1 aromatic rings. The standard InChI is InChI=1S/C18H29NO/c1-5-20-17-9-7-6-8-14(17)15-12-13(18(2,3)4)10-11-16(15)19/h6-9,13,15-16H,5,10-12,19H2,1-4H3. The zero-order chi connectivity index (χ0) is 14.8. The third-order valence-electron chi connectivity index (χ3n) is 4.75. The Morgan fingerprint density at radius 2 is 1.90 bits per heavy atom. The van der Waals surface area contributed by atoms with Crippen molar-refractivity contribution in [3.63, 3.8) is 0 Å². The van der Waals surface area contributed by atoms with Crippen LogP contribution in [-0.2, 0) is 0 Å². The third kappa shape index (κ3) is 3.35. The Balaban J connectivity index is 2.25. The first-order valence-corrected chi connectivity index (χ1v) is 7.90. The van der Waals surface area contributed by atoms with E-state index in [9.17, 15) is 0 Å². The zero-order valence-electron chi connectivity index (χ0n) is 13.4. The van der Waals surface area contributed by atoms with Gasteiger partial charge in [0.05, 0.1) is 6.61 Å². The highest BCUT2D eigenvalue weighted by molar-refractivity contribution is 5.37. The van der Waals surface area contributed by atoms with Crippen molar-refractivity contribution in [2.75, 3.05) is 6.61 Å². The Morgan fingerprint density at radius 3 is 2.55 bits per heavy atom. The topological polar surface area (TPSA) is 35.2 Å². The SMILES string of the molecule is CCOc1ccccc1C1CC(C(C)(C)C)CCC1N. The lowest BCUT2D eigenvalue weighted by molar-refractivity contribution is 0.152. The van der Waals surface area contributed by atoms with Gasteiger partial charge >= 0.3 is 0 Å². The van der Waals surface area contributed by atoms with Crippen molar-refractivity contribution in [3.8, 4) is 5.75 Å². The summed E-state index contributed by atoms with van der Waals surface area (Å²) in [5.41, 5.74) is 8.09. The highest BCUT2D eigenvalue weighted by Gasteiger charge is 2.36. The van der Waals surface area contributed by atoms with Gasteiger partial charge in [-0.25, -0.2) is 0 Å². The molecular weight excluding hydrogens is 246 g/mol. The van der Waals surface area contributed by atoms with E-state index < -0.39 is 0 Å². The average molecular weight is 275 g/mol. The van der Waals surface area contributed by atoms with Crippen LogP contribution in [-0.4, -0.2) is 12.6 Å². The first-order chi connectivity index (χ1) is 9.43. The lowest BCUT2D eigenvalue weighted by Crippen LogP contribution is -2.38. The Kier molecular flexibility index (Phi) is 4.74. The molecule has 2 rings (SSSR count). The van der Waals surface area contributed by atoms with Gasteiger partial charge in [0.1, 0.15) is 5.75 Å². The summed E-state index contributed by atoms with van der Waals surface area (Å²) in [5.74, 6) is 2.18. The van der Waals surface area contributed by atoms with Crippen LogP contribution in [0, 0.1) is 11.3 Å².